The number of aromatic nitrogens is 1. The summed E-state index contributed by atoms with van der Waals surface area (Å²) < 4.78 is 10.8. The van der Waals surface area contributed by atoms with E-state index in [0.29, 0.717) is 19.8 Å². The molecular formula is C19H22N2O4. The highest BCUT2D eigenvalue weighted by Crippen LogP contribution is 2.15. The van der Waals surface area contributed by atoms with Gasteiger partial charge in [0.1, 0.15) is 18.2 Å². The SMILES string of the molecule is CCO/C(=C\c1ccc(OCCN(C)c2ccccn2)cc1)C(=O)O. The minimum Gasteiger partial charge on any atom is -0.492 e. The van der Waals surface area contributed by atoms with Crippen molar-refractivity contribution in [3.8, 4) is 5.75 Å². The van der Waals surface area contributed by atoms with Crippen LogP contribution in [-0.4, -0.2) is 42.9 Å². The van der Waals surface area contributed by atoms with Gasteiger partial charge < -0.3 is 19.5 Å². The van der Waals surface area contributed by atoms with Crippen LogP contribution in [0.1, 0.15) is 12.5 Å². The molecule has 0 radical (unpaired) electrons. The maximum absolute atomic E-state index is 11.1. The molecule has 1 heterocycles. The molecule has 6 heteroatoms. The minimum absolute atomic E-state index is 0.0758. The number of carbonyl (C=O) groups is 1. The van der Waals surface area contributed by atoms with E-state index in [1.54, 1.807) is 37.4 Å². The summed E-state index contributed by atoms with van der Waals surface area (Å²) in [5.74, 6) is 0.455. The average Bonchev–Trinajstić information content (AvgIpc) is 2.63. The molecule has 0 fully saturated rings. The zero-order chi connectivity index (χ0) is 18.1. The number of ether oxygens (including phenoxy) is 2. The molecule has 0 spiro atoms. The first kappa shape index (κ1) is 18.3. The van der Waals surface area contributed by atoms with E-state index in [2.05, 4.69) is 4.98 Å². The molecular weight excluding hydrogens is 320 g/mol. The molecule has 25 heavy (non-hydrogen) atoms. The van der Waals surface area contributed by atoms with E-state index in [-0.39, 0.29) is 5.76 Å². The number of rotatable bonds is 9. The Hall–Kier alpha value is -3.02. The van der Waals surface area contributed by atoms with Crippen LogP contribution in [0.15, 0.2) is 54.4 Å². The van der Waals surface area contributed by atoms with Gasteiger partial charge in [0, 0.05) is 13.2 Å². The van der Waals surface area contributed by atoms with E-state index in [4.69, 9.17) is 14.6 Å². The lowest BCUT2D eigenvalue weighted by atomic mass is 10.2. The van der Waals surface area contributed by atoms with Crippen LogP contribution in [0.3, 0.4) is 0 Å². The van der Waals surface area contributed by atoms with E-state index >= 15 is 0 Å². The van der Waals surface area contributed by atoms with Gasteiger partial charge in [0.25, 0.3) is 0 Å². The number of aliphatic carboxylic acids is 1. The van der Waals surface area contributed by atoms with E-state index in [1.165, 1.54) is 6.08 Å². The highest BCUT2D eigenvalue weighted by Gasteiger charge is 2.08. The number of hydrogen-bond acceptors (Lipinski definition) is 5. The molecule has 1 aromatic carbocycles. The number of pyridine rings is 1. The van der Waals surface area contributed by atoms with E-state index < -0.39 is 5.97 Å². The predicted molar refractivity (Wildman–Crippen MR) is 96.7 cm³/mol. The average molecular weight is 342 g/mol. The maximum Gasteiger partial charge on any atom is 0.371 e. The van der Waals surface area contributed by atoms with Crippen LogP contribution in [0.25, 0.3) is 6.08 Å². The Morgan fingerprint density at radius 1 is 1.24 bits per heavy atom. The highest BCUT2D eigenvalue weighted by molar-refractivity contribution is 5.89. The Kier molecular flexibility index (Phi) is 6.83. The molecule has 132 valence electrons. The summed E-state index contributed by atoms with van der Waals surface area (Å²) in [6.07, 6.45) is 3.25. The Morgan fingerprint density at radius 3 is 2.60 bits per heavy atom. The predicted octanol–water partition coefficient (Wildman–Crippen LogP) is 3.06. The molecule has 0 unspecified atom stereocenters. The van der Waals surface area contributed by atoms with Gasteiger partial charge in [-0.25, -0.2) is 9.78 Å². The van der Waals surface area contributed by atoms with Crippen LogP contribution in [0.5, 0.6) is 5.75 Å². The lowest BCUT2D eigenvalue weighted by molar-refractivity contribution is -0.136. The lowest BCUT2D eigenvalue weighted by Gasteiger charge is -2.18. The first-order valence-corrected chi connectivity index (χ1v) is 8.03. The third kappa shape index (κ3) is 5.84. The third-order valence-electron chi connectivity index (χ3n) is 3.42. The maximum atomic E-state index is 11.1. The molecule has 0 aliphatic rings. The molecule has 2 aromatic rings. The quantitative estimate of drug-likeness (QED) is 0.558. The van der Waals surface area contributed by atoms with E-state index in [9.17, 15) is 4.79 Å². The second-order valence-corrected chi connectivity index (χ2v) is 5.27. The number of anilines is 1. The van der Waals surface area contributed by atoms with Crippen molar-refractivity contribution < 1.29 is 19.4 Å². The summed E-state index contributed by atoms with van der Waals surface area (Å²) in [5, 5.41) is 9.05. The van der Waals surface area contributed by atoms with Crippen molar-refractivity contribution in [3.63, 3.8) is 0 Å². The minimum atomic E-state index is -1.08. The molecule has 2 rings (SSSR count). The van der Waals surface area contributed by atoms with Crippen molar-refractivity contribution in [2.45, 2.75) is 6.92 Å². The largest absolute Gasteiger partial charge is 0.492 e. The fourth-order valence-corrected chi connectivity index (χ4v) is 2.13. The van der Waals surface area contributed by atoms with Gasteiger partial charge in [-0.3, -0.25) is 0 Å². The van der Waals surface area contributed by atoms with Crippen LogP contribution in [0.4, 0.5) is 5.82 Å². The van der Waals surface area contributed by atoms with Gasteiger partial charge in [-0.2, -0.15) is 0 Å². The van der Waals surface area contributed by atoms with Crippen LogP contribution >= 0.6 is 0 Å². The van der Waals surface area contributed by atoms with Gasteiger partial charge in [-0.15, -0.1) is 0 Å². The first-order chi connectivity index (χ1) is 12.1. The van der Waals surface area contributed by atoms with Crippen molar-refractivity contribution in [2.75, 3.05) is 31.7 Å². The third-order valence-corrected chi connectivity index (χ3v) is 3.42. The van der Waals surface area contributed by atoms with Gasteiger partial charge in [0.05, 0.1) is 13.2 Å². The summed E-state index contributed by atoms with van der Waals surface area (Å²) in [7, 11) is 1.96. The Morgan fingerprint density at radius 2 is 2.00 bits per heavy atom. The normalized spacial score (nSPS) is 11.0. The molecule has 0 aliphatic carbocycles. The Balaban J connectivity index is 1.88. The summed E-state index contributed by atoms with van der Waals surface area (Å²) in [5.41, 5.74) is 0.740. The van der Waals surface area contributed by atoms with Crippen molar-refractivity contribution >= 4 is 17.9 Å². The fraction of sp³-hybridized carbons (Fsp3) is 0.263. The second-order valence-electron chi connectivity index (χ2n) is 5.27. The van der Waals surface area contributed by atoms with Gasteiger partial charge in [0.2, 0.25) is 5.76 Å². The van der Waals surface area contributed by atoms with Crippen molar-refractivity contribution in [1.29, 1.82) is 0 Å². The molecule has 1 aromatic heterocycles. The van der Waals surface area contributed by atoms with Gasteiger partial charge in [0.15, 0.2) is 0 Å². The second kappa shape index (κ2) is 9.32. The van der Waals surface area contributed by atoms with Crippen molar-refractivity contribution in [1.82, 2.24) is 4.98 Å². The van der Waals surface area contributed by atoms with Gasteiger partial charge in [-0.1, -0.05) is 18.2 Å². The molecule has 0 saturated heterocycles. The first-order valence-electron chi connectivity index (χ1n) is 8.03. The highest BCUT2D eigenvalue weighted by atomic mass is 16.5. The summed E-state index contributed by atoms with van der Waals surface area (Å²) in [6, 6.07) is 13.0. The van der Waals surface area contributed by atoms with Crippen LogP contribution in [-0.2, 0) is 9.53 Å². The van der Waals surface area contributed by atoms with Crippen LogP contribution in [0.2, 0.25) is 0 Å². The monoisotopic (exact) mass is 342 g/mol. The van der Waals surface area contributed by atoms with Crippen molar-refractivity contribution in [2.24, 2.45) is 0 Å². The van der Waals surface area contributed by atoms with Gasteiger partial charge in [-0.05, 0) is 42.8 Å². The molecule has 0 saturated carbocycles. The standard InChI is InChI=1S/C19H22N2O4/c1-3-24-17(19(22)23)14-15-7-9-16(10-8-15)25-13-12-21(2)18-6-4-5-11-20-18/h4-11,14H,3,12-13H2,1-2H3,(H,22,23)/b17-14-. The van der Waals surface area contributed by atoms with E-state index in [1.807, 2.05) is 30.1 Å². The number of carboxylic acids is 1. The molecule has 0 amide bonds. The summed E-state index contributed by atoms with van der Waals surface area (Å²) in [4.78, 5) is 17.3. The zero-order valence-electron chi connectivity index (χ0n) is 14.4. The number of benzene rings is 1. The summed E-state index contributed by atoms with van der Waals surface area (Å²) in [6.45, 7) is 3.27. The number of likely N-dealkylation sites (N-methyl/N-ethyl adjacent to an activating group) is 1. The molecule has 0 aliphatic heterocycles. The Bertz CT molecular complexity index is 699. The Labute approximate surface area is 147 Å². The molecule has 0 bridgehead atoms. The van der Waals surface area contributed by atoms with Gasteiger partial charge >= 0.3 is 5.97 Å². The summed E-state index contributed by atoms with van der Waals surface area (Å²) >= 11 is 0. The smallest absolute Gasteiger partial charge is 0.371 e. The van der Waals surface area contributed by atoms with Crippen LogP contribution in [0, 0.1) is 0 Å². The zero-order valence-corrected chi connectivity index (χ0v) is 14.4. The topological polar surface area (TPSA) is 71.9 Å². The number of carboxylic acid groups (broad SMARTS) is 1. The number of hydrogen-bond donors (Lipinski definition) is 1. The molecule has 0 atom stereocenters. The van der Waals surface area contributed by atoms with Crippen LogP contribution < -0.4 is 9.64 Å². The van der Waals surface area contributed by atoms with E-state index in [0.717, 1.165) is 17.1 Å². The fourth-order valence-electron chi connectivity index (χ4n) is 2.13. The molecule has 6 nitrogen and oxygen atoms in total. The molecule has 1 N–H and O–H groups in total. The number of nitrogens with zero attached hydrogens (tertiary/aromatic N) is 2. The lowest BCUT2D eigenvalue weighted by Crippen LogP contribution is -2.24. The van der Waals surface area contributed by atoms with Crippen molar-refractivity contribution in [3.05, 3.63) is 60.0 Å².